The van der Waals surface area contributed by atoms with Crippen LogP contribution in [-0.4, -0.2) is 29.4 Å². The second-order valence-corrected chi connectivity index (χ2v) is 10.2. The summed E-state index contributed by atoms with van der Waals surface area (Å²) in [6, 6.07) is 0. The highest BCUT2D eigenvalue weighted by Crippen LogP contribution is 2.20. The zero-order valence-electron chi connectivity index (χ0n) is 18.7. The summed E-state index contributed by atoms with van der Waals surface area (Å²) in [7, 11) is -4.01. The van der Waals surface area contributed by atoms with Crippen LogP contribution in [0.1, 0.15) is 136 Å². The van der Waals surface area contributed by atoms with Gasteiger partial charge in [-0.25, -0.2) is 0 Å². The molecule has 0 amide bonds. The quantitative estimate of drug-likeness (QED) is 0.154. The molecule has 0 radical (unpaired) electrons. The van der Waals surface area contributed by atoms with Crippen LogP contribution in [0.15, 0.2) is 0 Å². The predicted molar refractivity (Wildman–Crippen MR) is 120 cm³/mol. The summed E-state index contributed by atoms with van der Waals surface area (Å²) < 4.78 is 32.7. The van der Waals surface area contributed by atoms with Gasteiger partial charge in [-0.3, -0.25) is 4.55 Å². The Balaban J connectivity index is 3.83. The Bertz CT molecular complexity index is 422. The molecule has 2 N–H and O–H groups in total. The minimum absolute atomic E-state index is 0.368. The van der Waals surface area contributed by atoms with Crippen molar-refractivity contribution in [1.29, 1.82) is 0 Å². The molecule has 0 heterocycles. The molecule has 0 bridgehead atoms. The Morgan fingerprint density at radius 1 is 0.571 bits per heavy atom. The average molecular weight is 421 g/mol. The standard InChI is InChI=1S/C23H48O4S/c1-3-5-7-9-11-13-14-16-18-22(24)20-21-23(28(25,26)27)19-17-15-12-10-8-6-4-2/h22-24H,3-21H2,1-2H3,(H,25,26,27). The number of aliphatic hydroxyl groups excluding tert-OH is 1. The van der Waals surface area contributed by atoms with Gasteiger partial charge in [0.15, 0.2) is 0 Å². The Morgan fingerprint density at radius 2 is 0.964 bits per heavy atom. The molecule has 0 aromatic rings. The van der Waals surface area contributed by atoms with Gasteiger partial charge in [0.05, 0.1) is 11.4 Å². The van der Waals surface area contributed by atoms with Gasteiger partial charge < -0.3 is 5.11 Å². The summed E-state index contributed by atoms with van der Waals surface area (Å²) in [6.45, 7) is 4.42. The second kappa shape index (κ2) is 18.9. The van der Waals surface area contributed by atoms with Crippen molar-refractivity contribution < 1.29 is 18.1 Å². The lowest BCUT2D eigenvalue weighted by atomic mass is 10.0. The molecule has 0 rings (SSSR count). The van der Waals surface area contributed by atoms with Crippen molar-refractivity contribution in [1.82, 2.24) is 0 Å². The molecule has 2 atom stereocenters. The first kappa shape index (κ1) is 27.9. The van der Waals surface area contributed by atoms with Gasteiger partial charge >= 0.3 is 0 Å². The zero-order chi connectivity index (χ0) is 21.1. The Morgan fingerprint density at radius 3 is 1.39 bits per heavy atom. The van der Waals surface area contributed by atoms with Gasteiger partial charge in [-0.05, 0) is 25.7 Å². The molecule has 0 saturated heterocycles. The summed E-state index contributed by atoms with van der Waals surface area (Å²) in [5.41, 5.74) is 0. The zero-order valence-corrected chi connectivity index (χ0v) is 19.5. The highest BCUT2D eigenvalue weighted by atomic mass is 32.2. The molecule has 170 valence electrons. The Hall–Kier alpha value is -0.130. The van der Waals surface area contributed by atoms with E-state index in [1.807, 2.05) is 0 Å². The van der Waals surface area contributed by atoms with E-state index in [0.29, 0.717) is 19.3 Å². The molecule has 0 aliphatic heterocycles. The van der Waals surface area contributed by atoms with Gasteiger partial charge in [-0.15, -0.1) is 0 Å². The molecule has 0 aromatic carbocycles. The summed E-state index contributed by atoms with van der Waals surface area (Å²) in [5, 5.41) is 9.44. The third kappa shape index (κ3) is 17.9. The molecule has 0 aliphatic carbocycles. The lowest BCUT2D eigenvalue weighted by molar-refractivity contribution is 0.147. The van der Waals surface area contributed by atoms with Gasteiger partial charge in [-0.2, -0.15) is 8.42 Å². The van der Waals surface area contributed by atoms with E-state index in [2.05, 4.69) is 13.8 Å². The number of rotatable bonds is 21. The lowest BCUT2D eigenvalue weighted by Gasteiger charge is -2.16. The fraction of sp³-hybridized carbons (Fsp3) is 1.00. The van der Waals surface area contributed by atoms with Crippen LogP contribution in [0.5, 0.6) is 0 Å². The van der Waals surface area contributed by atoms with Crippen LogP contribution >= 0.6 is 0 Å². The maximum absolute atomic E-state index is 11.6. The first-order valence-corrected chi connectivity index (χ1v) is 13.6. The molecule has 0 spiro atoms. The Labute approximate surface area is 175 Å². The van der Waals surface area contributed by atoms with Crippen LogP contribution in [0, 0.1) is 0 Å². The van der Waals surface area contributed by atoms with E-state index in [0.717, 1.165) is 38.5 Å². The van der Waals surface area contributed by atoms with Crippen LogP contribution in [0.3, 0.4) is 0 Å². The number of hydrogen-bond donors (Lipinski definition) is 2. The van der Waals surface area contributed by atoms with E-state index < -0.39 is 21.5 Å². The minimum atomic E-state index is -4.01. The van der Waals surface area contributed by atoms with Crippen molar-refractivity contribution in [2.75, 3.05) is 0 Å². The van der Waals surface area contributed by atoms with Crippen LogP contribution in [-0.2, 0) is 10.1 Å². The molecule has 28 heavy (non-hydrogen) atoms. The third-order valence-electron chi connectivity index (χ3n) is 5.76. The van der Waals surface area contributed by atoms with Crippen molar-refractivity contribution in [2.24, 2.45) is 0 Å². The van der Waals surface area contributed by atoms with Crippen molar-refractivity contribution in [3.63, 3.8) is 0 Å². The van der Waals surface area contributed by atoms with E-state index in [9.17, 15) is 18.1 Å². The molecule has 0 saturated carbocycles. The summed E-state index contributed by atoms with van der Waals surface area (Å²) in [6.07, 6.45) is 19.5. The van der Waals surface area contributed by atoms with Crippen molar-refractivity contribution in [3.05, 3.63) is 0 Å². The van der Waals surface area contributed by atoms with Crippen LogP contribution in [0.2, 0.25) is 0 Å². The van der Waals surface area contributed by atoms with E-state index >= 15 is 0 Å². The fourth-order valence-electron chi connectivity index (χ4n) is 3.81. The first-order chi connectivity index (χ1) is 13.4. The lowest BCUT2D eigenvalue weighted by Crippen LogP contribution is -2.22. The van der Waals surface area contributed by atoms with E-state index in [-0.39, 0.29) is 0 Å². The fourth-order valence-corrected chi connectivity index (χ4v) is 4.71. The molecule has 0 fully saturated rings. The summed E-state index contributed by atoms with van der Waals surface area (Å²) in [4.78, 5) is 0. The molecule has 0 aliphatic rings. The van der Waals surface area contributed by atoms with Gasteiger partial charge in [-0.1, -0.05) is 110 Å². The molecular weight excluding hydrogens is 372 g/mol. The summed E-state index contributed by atoms with van der Waals surface area (Å²) in [5.74, 6) is 0. The predicted octanol–water partition coefficient (Wildman–Crippen LogP) is 7.06. The van der Waals surface area contributed by atoms with E-state index in [1.165, 1.54) is 64.2 Å². The Kier molecular flexibility index (Phi) is 18.8. The molecule has 0 aromatic heterocycles. The number of aliphatic hydroxyl groups is 1. The van der Waals surface area contributed by atoms with Crippen LogP contribution in [0.4, 0.5) is 0 Å². The maximum Gasteiger partial charge on any atom is 0.267 e. The van der Waals surface area contributed by atoms with Crippen LogP contribution in [0.25, 0.3) is 0 Å². The first-order valence-electron chi connectivity index (χ1n) is 12.1. The molecular formula is C23H48O4S. The smallest absolute Gasteiger partial charge is 0.267 e. The van der Waals surface area contributed by atoms with Crippen molar-refractivity contribution in [3.8, 4) is 0 Å². The molecule has 5 heteroatoms. The van der Waals surface area contributed by atoms with Gasteiger partial charge in [0.2, 0.25) is 0 Å². The number of hydrogen-bond acceptors (Lipinski definition) is 3. The monoisotopic (exact) mass is 420 g/mol. The van der Waals surface area contributed by atoms with Gasteiger partial charge in [0.1, 0.15) is 0 Å². The second-order valence-electron chi connectivity index (χ2n) is 8.54. The normalized spacial score (nSPS) is 14.3. The van der Waals surface area contributed by atoms with Gasteiger partial charge in [0.25, 0.3) is 10.1 Å². The highest BCUT2D eigenvalue weighted by Gasteiger charge is 2.23. The number of unbranched alkanes of at least 4 members (excludes halogenated alkanes) is 13. The van der Waals surface area contributed by atoms with Crippen molar-refractivity contribution in [2.45, 2.75) is 147 Å². The molecule has 2 unspecified atom stereocenters. The average Bonchev–Trinajstić information content (AvgIpc) is 2.64. The largest absolute Gasteiger partial charge is 0.393 e. The third-order valence-corrected chi connectivity index (χ3v) is 7.08. The van der Waals surface area contributed by atoms with Gasteiger partial charge in [0, 0.05) is 0 Å². The molecule has 4 nitrogen and oxygen atoms in total. The maximum atomic E-state index is 11.6. The van der Waals surface area contributed by atoms with Crippen molar-refractivity contribution >= 4 is 10.1 Å². The minimum Gasteiger partial charge on any atom is -0.393 e. The topological polar surface area (TPSA) is 74.6 Å². The van der Waals surface area contributed by atoms with E-state index in [1.54, 1.807) is 0 Å². The van der Waals surface area contributed by atoms with Crippen LogP contribution < -0.4 is 0 Å². The highest BCUT2D eigenvalue weighted by molar-refractivity contribution is 7.86. The SMILES string of the molecule is CCCCCCCCCCC(O)CCC(CCCCCCCCC)S(=O)(=O)O. The van der Waals surface area contributed by atoms with E-state index in [4.69, 9.17) is 0 Å². The summed E-state index contributed by atoms with van der Waals surface area (Å²) >= 11 is 0.